The second-order valence-corrected chi connectivity index (χ2v) is 5.44. The van der Waals surface area contributed by atoms with Gasteiger partial charge in [0.15, 0.2) is 0 Å². The van der Waals surface area contributed by atoms with Gasteiger partial charge in [-0.25, -0.2) is 8.42 Å². The fraction of sp³-hybridized carbons (Fsp3) is 0.0833. The fourth-order valence-corrected chi connectivity index (χ4v) is 2.56. The molecule has 0 aliphatic carbocycles. The first kappa shape index (κ1) is 12.3. The third kappa shape index (κ3) is 3.14. The summed E-state index contributed by atoms with van der Waals surface area (Å²) in [5.41, 5.74) is 2.61. The molecule has 0 atom stereocenters. The molecule has 0 radical (unpaired) electrons. The van der Waals surface area contributed by atoms with Gasteiger partial charge in [0.2, 0.25) is 0 Å². The van der Waals surface area contributed by atoms with Gasteiger partial charge in [-0.2, -0.15) is 0 Å². The lowest BCUT2D eigenvalue weighted by atomic mass is 10.0. The molecule has 0 bridgehead atoms. The Hall–Kier alpha value is -1.20. The maximum absolute atomic E-state index is 10.8. The van der Waals surface area contributed by atoms with Gasteiger partial charge >= 0.3 is 0 Å². The highest BCUT2D eigenvalue weighted by atomic mass is 79.9. The largest absolute Gasteiger partial charge is 0.263 e. The highest BCUT2D eigenvalue weighted by molar-refractivity contribution is 9.10. The molecule has 1 aromatic carbocycles. The van der Waals surface area contributed by atoms with Crippen molar-refractivity contribution in [2.45, 2.75) is 5.75 Å². The smallest absolute Gasteiger partial charge is 0.144 e. The number of rotatable bonds is 3. The molecule has 0 saturated carbocycles. The maximum atomic E-state index is 10.8. The molecule has 88 valence electrons. The van der Waals surface area contributed by atoms with Gasteiger partial charge in [-0.15, -0.1) is 0 Å². The summed E-state index contributed by atoms with van der Waals surface area (Å²) in [6.07, 6.45) is 3.42. The third-order valence-electron chi connectivity index (χ3n) is 2.33. The summed E-state index contributed by atoms with van der Waals surface area (Å²) in [7, 11) is -2.42. The summed E-state index contributed by atoms with van der Waals surface area (Å²) in [5.74, 6) is 0.0536. The van der Waals surface area contributed by atoms with Crippen molar-refractivity contribution < 1.29 is 8.42 Å². The number of nitrogens with zero attached hydrogens (tertiary/aromatic N) is 1. The van der Waals surface area contributed by atoms with Crippen molar-refractivity contribution in [1.82, 2.24) is 4.98 Å². The molecular formula is C12H10BrNO2S. The Morgan fingerprint density at radius 2 is 1.94 bits per heavy atom. The molecule has 0 aliphatic heterocycles. The Bertz CT molecular complexity index is 603. The van der Waals surface area contributed by atoms with Crippen LogP contribution >= 0.6 is 15.9 Å². The van der Waals surface area contributed by atoms with Crippen molar-refractivity contribution in [3.8, 4) is 11.1 Å². The second kappa shape index (κ2) is 5.42. The Morgan fingerprint density at radius 3 is 2.65 bits per heavy atom. The topological polar surface area (TPSA) is 47.0 Å². The van der Waals surface area contributed by atoms with Crippen molar-refractivity contribution in [2.24, 2.45) is 0 Å². The molecule has 0 amide bonds. The lowest BCUT2D eigenvalue weighted by Crippen LogP contribution is -1.91. The van der Waals surface area contributed by atoms with Crippen LogP contribution in [-0.4, -0.2) is 13.4 Å². The molecule has 3 nitrogen and oxygen atoms in total. The average molecular weight is 312 g/mol. The van der Waals surface area contributed by atoms with Crippen LogP contribution in [0, 0.1) is 0 Å². The summed E-state index contributed by atoms with van der Waals surface area (Å²) >= 11 is 3.35. The number of aromatic nitrogens is 1. The molecule has 5 heteroatoms. The van der Waals surface area contributed by atoms with Crippen molar-refractivity contribution in [3.05, 3.63) is 52.8 Å². The van der Waals surface area contributed by atoms with Gasteiger partial charge in [-0.3, -0.25) is 4.98 Å². The lowest BCUT2D eigenvalue weighted by molar-refractivity contribution is 0.614. The van der Waals surface area contributed by atoms with Gasteiger partial charge in [-0.05, 0) is 33.1 Å². The average Bonchev–Trinajstić information content (AvgIpc) is 2.29. The minimum atomic E-state index is -2.42. The first-order chi connectivity index (χ1) is 8.16. The minimum absolute atomic E-state index is 0.0536. The van der Waals surface area contributed by atoms with Crippen molar-refractivity contribution >= 4 is 26.6 Å². The van der Waals surface area contributed by atoms with Crippen LogP contribution in [0.1, 0.15) is 5.56 Å². The van der Waals surface area contributed by atoms with Gasteiger partial charge in [-0.1, -0.05) is 24.3 Å². The van der Waals surface area contributed by atoms with E-state index in [2.05, 4.69) is 20.9 Å². The molecule has 1 heterocycles. The van der Waals surface area contributed by atoms with E-state index in [9.17, 15) is 8.42 Å². The summed E-state index contributed by atoms with van der Waals surface area (Å²) < 4.78 is 22.5. The van der Waals surface area contributed by atoms with Crippen molar-refractivity contribution in [3.63, 3.8) is 0 Å². The Labute approximate surface area is 110 Å². The van der Waals surface area contributed by atoms with E-state index in [4.69, 9.17) is 0 Å². The SMILES string of the molecule is O=[SH](=O)Cc1ccccc1-c1cncc(Br)c1. The van der Waals surface area contributed by atoms with E-state index in [1.165, 1.54) is 0 Å². The van der Waals surface area contributed by atoms with Crippen LogP contribution in [0.4, 0.5) is 0 Å². The first-order valence-corrected chi connectivity index (χ1v) is 7.13. The van der Waals surface area contributed by atoms with Crippen LogP contribution < -0.4 is 0 Å². The Morgan fingerprint density at radius 1 is 1.18 bits per heavy atom. The van der Waals surface area contributed by atoms with Crippen LogP contribution in [-0.2, 0) is 16.5 Å². The Kier molecular flexibility index (Phi) is 3.91. The van der Waals surface area contributed by atoms with Crippen LogP contribution in [0.3, 0.4) is 0 Å². The molecule has 0 N–H and O–H groups in total. The van der Waals surface area contributed by atoms with E-state index in [0.29, 0.717) is 0 Å². The molecule has 0 fully saturated rings. The second-order valence-electron chi connectivity index (χ2n) is 3.54. The van der Waals surface area contributed by atoms with Crippen molar-refractivity contribution in [2.75, 3.05) is 0 Å². The van der Waals surface area contributed by atoms with E-state index in [1.807, 2.05) is 30.3 Å². The van der Waals surface area contributed by atoms with Gasteiger partial charge in [0.05, 0.1) is 5.75 Å². The maximum Gasteiger partial charge on any atom is 0.144 e. The molecule has 2 aromatic rings. The molecule has 1 aromatic heterocycles. The monoisotopic (exact) mass is 311 g/mol. The quantitative estimate of drug-likeness (QED) is 0.886. The van der Waals surface area contributed by atoms with E-state index >= 15 is 0 Å². The molecule has 0 aliphatic rings. The summed E-state index contributed by atoms with van der Waals surface area (Å²) in [5, 5.41) is 0. The summed E-state index contributed by atoms with van der Waals surface area (Å²) in [6, 6.07) is 9.36. The first-order valence-electron chi connectivity index (χ1n) is 4.97. The Balaban J connectivity index is 2.51. The predicted molar refractivity (Wildman–Crippen MR) is 71.4 cm³/mol. The zero-order chi connectivity index (χ0) is 12.3. The number of halogens is 1. The molecule has 0 spiro atoms. The number of pyridine rings is 1. The van der Waals surface area contributed by atoms with E-state index in [-0.39, 0.29) is 5.75 Å². The molecule has 0 saturated heterocycles. The number of hydrogen-bond acceptors (Lipinski definition) is 3. The zero-order valence-electron chi connectivity index (χ0n) is 8.84. The minimum Gasteiger partial charge on any atom is -0.263 e. The van der Waals surface area contributed by atoms with Crippen LogP contribution in [0.2, 0.25) is 0 Å². The van der Waals surface area contributed by atoms with Gasteiger partial charge in [0.25, 0.3) is 0 Å². The summed E-state index contributed by atoms with van der Waals surface area (Å²) in [6.45, 7) is 0. The van der Waals surface area contributed by atoms with Gasteiger partial charge in [0, 0.05) is 22.4 Å². The number of benzene rings is 1. The highest BCUT2D eigenvalue weighted by Crippen LogP contribution is 2.25. The zero-order valence-corrected chi connectivity index (χ0v) is 11.3. The van der Waals surface area contributed by atoms with Crippen LogP contribution in [0.5, 0.6) is 0 Å². The molecule has 17 heavy (non-hydrogen) atoms. The fourth-order valence-electron chi connectivity index (χ4n) is 1.64. The van der Waals surface area contributed by atoms with E-state index < -0.39 is 10.7 Å². The van der Waals surface area contributed by atoms with Gasteiger partial charge in [0.1, 0.15) is 10.7 Å². The molecule has 0 unspecified atom stereocenters. The normalized spacial score (nSPS) is 10.7. The van der Waals surface area contributed by atoms with Gasteiger partial charge < -0.3 is 0 Å². The predicted octanol–water partition coefficient (Wildman–Crippen LogP) is 2.62. The standard InChI is InChI=1S/C12H10BrNO2S/c13-11-5-10(6-14-7-11)12-4-2-1-3-9(12)8-17(15)16/h1-7,17H,8H2. The summed E-state index contributed by atoms with van der Waals surface area (Å²) in [4.78, 5) is 4.08. The number of hydrogen-bond donors (Lipinski definition) is 1. The third-order valence-corrected chi connectivity index (χ3v) is 3.37. The van der Waals surface area contributed by atoms with E-state index in [1.54, 1.807) is 12.4 Å². The van der Waals surface area contributed by atoms with Crippen LogP contribution in [0.15, 0.2) is 47.2 Å². The van der Waals surface area contributed by atoms with Crippen molar-refractivity contribution in [1.29, 1.82) is 0 Å². The highest BCUT2D eigenvalue weighted by Gasteiger charge is 2.06. The lowest BCUT2D eigenvalue weighted by Gasteiger charge is -2.06. The number of thiol groups is 1. The van der Waals surface area contributed by atoms with E-state index in [0.717, 1.165) is 21.2 Å². The molecular weight excluding hydrogens is 302 g/mol. The molecule has 2 rings (SSSR count). The van der Waals surface area contributed by atoms with Crippen LogP contribution in [0.25, 0.3) is 11.1 Å².